The molecule has 0 aliphatic rings. The monoisotopic (exact) mass is 310 g/mol. The van der Waals surface area contributed by atoms with Crippen molar-refractivity contribution in [3.05, 3.63) is 0 Å². The van der Waals surface area contributed by atoms with Crippen molar-refractivity contribution in [3.63, 3.8) is 0 Å². The maximum atomic E-state index is 0. The van der Waals surface area contributed by atoms with Crippen molar-refractivity contribution >= 4 is 8.41 Å². The summed E-state index contributed by atoms with van der Waals surface area (Å²) >= 11 is 0. The van der Waals surface area contributed by atoms with Gasteiger partial charge < -0.3 is 0 Å². The second kappa shape index (κ2) is 21.6. The van der Waals surface area contributed by atoms with Crippen LogP contribution in [0.15, 0.2) is 0 Å². The molecule has 0 bridgehead atoms. The summed E-state index contributed by atoms with van der Waals surface area (Å²) in [6.07, 6.45) is 0. The van der Waals surface area contributed by atoms with Crippen LogP contribution in [0.1, 0.15) is 0 Å². The normalized spacial score (nSPS) is 0. The fourth-order valence-electron chi connectivity index (χ4n) is 0. The van der Waals surface area contributed by atoms with E-state index >= 15 is 0 Å². The van der Waals surface area contributed by atoms with Gasteiger partial charge in [-0.25, -0.2) is 0 Å². The second-order valence-electron chi connectivity index (χ2n) is 0. The topological polar surface area (TPSA) is 0 Å². The van der Waals surface area contributed by atoms with Crippen LogP contribution >= 0.6 is 0 Å². The van der Waals surface area contributed by atoms with E-state index in [4.69, 9.17) is 0 Å². The van der Waals surface area contributed by atoms with Gasteiger partial charge in [0.1, 0.15) is 0 Å². The van der Waals surface area contributed by atoms with Crippen LogP contribution in [0.25, 0.3) is 0 Å². The van der Waals surface area contributed by atoms with Crippen molar-refractivity contribution in [2.24, 2.45) is 0 Å². The molecule has 0 rings (SSSR count). The van der Waals surface area contributed by atoms with E-state index in [0.717, 1.165) is 0 Å². The second-order valence-corrected chi connectivity index (χ2v) is 0. The molecule has 0 spiro atoms. The molecule has 0 aromatic rings. The van der Waals surface area contributed by atoms with Gasteiger partial charge in [-0.2, -0.15) is 0 Å². The van der Waals surface area contributed by atoms with Crippen LogP contribution in [0.2, 0.25) is 0 Å². The maximum absolute atomic E-state index is 0. The van der Waals surface area contributed by atoms with Gasteiger partial charge in [0.25, 0.3) is 0 Å². The minimum Gasteiger partial charge on any atom is 0 e. The molecule has 0 aliphatic carbocycles. The summed E-state index contributed by atoms with van der Waals surface area (Å²) in [6, 6.07) is 0. The predicted molar refractivity (Wildman–Crippen MR) is 5.75 cm³/mol. The molecule has 0 aliphatic heterocycles. The van der Waals surface area contributed by atoms with Gasteiger partial charge in [-0.1, -0.05) is 0 Å². The Morgan fingerprint density at radius 3 is 1.00 bits per heavy atom. The Bertz CT molecular complexity index is 8.00. The number of hydrogen-bond donors (Lipinski definition) is 0. The van der Waals surface area contributed by atoms with E-state index in [1.807, 2.05) is 0 Å². The summed E-state index contributed by atoms with van der Waals surface area (Å²) in [4.78, 5) is 0. The summed E-state index contributed by atoms with van der Waals surface area (Å²) in [5.41, 5.74) is 0. The van der Waals surface area contributed by atoms with Crippen molar-refractivity contribution in [1.82, 2.24) is 0 Å². The summed E-state index contributed by atoms with van der Waals surface area (Å²) in [5, 5.41) is 0. The smallest absolute Gasteiger partial charge is 0 e. The molecule has 0 saturated heterocycles. The van der Waals surface area contributed by atoms with Crippen molar-refractivity contribution in [3.8, 4) is 0 Å². The van der Waals surface area contributed by atoms with Crippen molar-refractivity contribution < 1.29 is 54.9 Å². The minimum atomic E-state index is 0. The first kappa shape index (κ1) is 41.7. The van der Waals surface area contributed by atoms with Crippen molar-refractivity contribution in [2.45, 2.75) is 0 Å². The van der Waals surface area contributed by atoms with Crippen LogP contribution in [0.5, 0.6) is 0 Å². The van der Waals surface area contributed by atoms with Crippen molar-refractivity contribution in [2.75, 3.05) is 0 Å². The van der Waals surface area contributed by atoms with E-state index in [2.05, 4.69) is 0 Å². The molecular formula is BCoFeW. The van der Waals surface area contributed by atoms with Gasteiger partial charge in [-0.15, -0.1) is 0 Å². The van der Waals surface area contributed by atoms with Crippen LogP contribution in [-0.4, -0.2) is 8.41 Å². The predicted octanol–water partition coefficient (Wildman–Crippen LogP) is -0.388. The SMILES string of the molecule is [B].[Co].[Fe].[W]. The zero-order chi connectivity index (χ0) is 0. The van der Waals surface area contributed by atoms with Gasteiger partial charge in [0.05, 0.1) is 0 Å². The molecule has 0 amide bonds. The van der Waals surface area contributed by atoms with Crippen LogP contribution in [0.3, 0.4) is 0 Å². The van der Waals surface area contributed by atoms with Crippen LogP contribution in [0.4, 0.5) is 0 Å². The van der Waals surface area contributed by atoms with E-state index in [0.29, 0.717) is 0 Å². The Hall–Kier alpha value is 1.78. The zero-order valence-electron chi connectivity index (χ0n) is 1.67. The fourth-order valence-corrected chi connectivity index (χ4v) is 0. The summed E-state index contributed by atoms with van der Waals surface area (Å²) in [6.45, 7) is 0. The average Bonchev–Trinajstić information content (AvgIpc) is 0. The van der Waals surface area contributed by atoms with E-state index in [9.17, 15) is 0 Å². The summed E-state index contributed by atoms with van der Waals surface area (Å²) in [7, 11) is 0. The van der Waals surface area contributed by atoms with Crippen molar-refractivity contribution in [1.29, 1.82) is 0 Å². The third kappa shape index (κ3) is 9.22. The standard InChI is InChI=1S/B.Co.Fe.W. The van der Waals surface area contributed by atoms with Gasteiger partial charge in [0.15, 0.2) is 0 Å². The number of hydrogen-bond acceptors (Lipinski definition) is 0. The van der Waals surface area contributed by atoms with Gasteiger partial charge in [-0.05, 0) is 0 Å². The molecule has 4 radical (unpaired) electrons. The number of rotatable bonds is 0. The molecule has 4 heteroatoms. The average molecular weight is 309 g/mol. The Morgan fingerprint density at radius 2 is 1.00 bits per heavy atom. The molecule has 0 fully saturated rings. The first-order valence-electron chi connectivity index (χ1n) is 0. The molecule has 0 nitrogen and oxygen atoms in total. The Labute approximate surface area is 63.0 Å². The van der Waals surface area contributed by atoms with E-state index in [-0.39, 0.29) is 63.3 Å². The van der Waals surface area contributed by atoms with Crippen LogP contribution in [0, 0.1) is 0 Å². The molecule has 0 N–H and O–H groups in total. The zero-order valence-corrected chi connectivity index (χ0v) is 6.75. The van der Waals surface area contributed by atoms with Crippen LogP contribution < -0.4 is 0 Å². The molecule has 0 heterocycles. The first-order valence-corrected chi connectivity index (χ1v) is 0. The maximum Gasteiger partial charge on any atom is 0 e. The Balaban J connectivity index is 0. The minimum absolute atomic E-state index is 0. The van der Waals surface area contributed by atoms with Gasteiger partial charge in [0, 0.05) is 63.3 Å². The molecule has 0 unspecified atom stereocenters. The van der Waals surface area contributed by atoms with Gasteiger partial charge in [-0.3, -0.25) is 0 Å². The van der Waals surface area contributed by atoms with Crippen LogP contribution in [-0.2, 0) is 54.9 Å². The van der Waals surface area contributed by atoms with E-state index in [1.165, 1.54) is 0 Å². The molecule has 4 heavy (non-hydrogen) atoms. The van der Waals surface area contributed by atoms with E-state index < -0.39 is 0 Å². The first-order chi connectivity index (χ1) is 0. The quantitative estimate of drug-likeness (QED) is 0.535. The summed E-state index contributed by atoms with van der Waals surface area (Å²) < 4.78 is 0. The molecule has 26 valence electrons. The van der Waals surface area contributed by atoms with Gasteiger partial charge >= 0.3 is 0 Å². The molecular weight excluding hydrogens is 309 g/mol. The third-order valence-electron chi connectivity index (χ3n) is 0. The molecule has 0 aromatic carbocycles. The van der Waals surface area contributed by atoms with Gasteiger partial charge in [0.2, 0.25) is 0 Å². The Kier molecular flexibility index (Phi) is 225. The fraction of sp³-hybridized carbons (Fsp3) is 0. The molecule has 0 saturated carbocycles. The van der Waals surface area contributed by atoms with E-state index in [1.54, 1.807) is 0 Å². The third-order valence-corrected chi connectivity index (χ3v) is 0. The molecule has 0 atom stereocenters. The Morgan fingerprint density at radius 1 is 1.00 bits per heavy atom. The largest absolute Gasteiger partial charge is 0 e. The summed E-state index contributed by atoms with van der Waals surface area (Å²) in [5.74, 6) is 0. The molecule has 0 aromatic heterocycles.